The molecule has 1 aromatic carbocycles. The van der Waals surface area contributed by atoms with Crippen LogP contribution in [0, 0.1) is 0 Å². The number of rotatable bonds is 3. The van der Waals surface area contributed by atoms with Gasteiger partial charge in [-0.25, -0.2) is 0 Å². The number of ether oxygens (including phenoxy) is 2. The molecule has 0 aromatic heterocycles. The van der Waals surface area contributed by atoms with Crippen LogP contribution in [0.2, 0.25) is 0 Å². The summed E-state index contributed by atoms with van der Waals surface area (Å²) in [6.07, 6.45) is 1.89. The molecule has 1 aromatic rings. The van der Waals surface area contributed by atoms with Crippen LogP contribution < -0.4 is 20.3 Å². The molecule has 21 heavy (non-hydrogen) atoms. The molecule has 114 valence electrons. The van der Waals surface area contributed by atoms with Gasteiger partial charge in [0.05, 0.1) is 5.56 Å². The minimum atomic E-state index is -0.171. The third-order valence-electron chi connectivity index (χ3n) is 3.94. The molecule has 7 heteroatoms. The zero-order valence-corrected chi connectivity index (χ0v) is 11.9. The minimum absolute atomic E-state index is 0.0442. The summed E-state index contributed by atoms with van der Waals surface area (Å²) in [5, 5.41) is 12.1. The molecule has 1 amide bonds. The average Bonchev–Trinajstić information content (AvgIpc) is 2.98. The maximum absolute atomic E-state index is 12.4. The van der Waals surface area contributed by atoms with Crippen LogP contribution in [0.3, 0.4) is 0 Å². The van der Waals surface area contributed by atoms with Gasteiger partial charge in [0.15, 0.2) is 11.5 Å². The van der Waals surface area contributed by atoms with E-state index >= 15 is 0 Å². The van der Waals surface area contributed by atoms with Crippen LogP contribution in [0.15, 0.2) is 12.1 Å². The van der Waals surface area contributed by atoms with Crippen molar-refractivity contribution in [1.82, 2.24) is 10.2 Å². The molecular formula is C14H19N3O4. The summed E-state index contributed by atoms with van der Waals surface area (Å²) >= 11 is 0. The van der Waals surface area contributed by atoms with Gasteiger partial charge >= 0.3 is 0 Å². The Balaban J connectivity index is 1.75. The number of benzene rings is 1. The zero-order valence-electron chi connectivity index (χ0n) is 11.9. The van der Waals surface area contributed by atoms with E-state index in [9.17, 15) is 4.79 Å². The molecule has 1 fully saturated rings. The van der Waals surface area contributed by atoms with Gasteiger partial charge < -0.3 is 19.7 Å². The van der Waals surface area contributed by atoms with E-state index in [1.54, 1.807) is 12.1 Å². The van der Waals surface area contributed by atoms with Crippen molar-refractivity contribution in [2.45, 2.75) is 18.9 Å². The van der Waals surface area contributed by atoms with Crippen molar-refractivity contribution < 1.29 is 19.5 Å². The van der Waals surface area contributed by atoms with Gasteiger partial charge in [0, 0.05) is 6.04 Å². The van der Waals surface area contributed by atoms with E-state index in [1.165, 1.54) is 0 Å². The van der Waals surface area contributed by atoms with Crippen LogP contribution in [-0.4, -0.2) is 49.0 Å². The second kappa shape index (κ2) is 5.79. The second-order valence-corrected chi connectivity index (χ2v) is 5.39. The molecule has 2 aliphatic heterocycles. The molecule has 3 rings (SSSR count). The second-order valence-electron chi connectivity index (χ2n) is 5.39. The lowest BCUT2D eigenvalue weighted by atomic mass is 10.0. The van der Waals surface area contributed by atoms with Crippen molar-refractivity contribution in [2.75, 3.05) is 32.4 Å². The van der Waals surface area contributed by atoms with E-state index in [-0.39, 0.29) is 18.7 Å². The topological polar surface area (TPSA) is 83.1 Å². The highest BCUT2D eigenvalue weighted by Gasteiger charge is 2.27. The van der Waals surface area contributed by atoms with Crippen LogP contribution in [-0.2, 0) is 0 Å². The molecule has 1 saturated heterocycles. The van der Waals surface area contributed by atoms with Crippen LogP contribution in [0.1, 0.15) is 23.2 Å². The van der Waals surface area contributed by atoms with Crippen LogP contribution in [0.4, 0.5) is 5.69 Å². The fourth-order valence-electron chi connectivity index (χ4n) is 2.68. The van der Waals surface area contributed by atoms with Crippen LogP contribution in [0.25, 0.3) is 0 Å². The third kappa shape index (κ3) is 2.74. The van der Waals surface area contributed by atoms with Gasteiger partial charge in [-0.1, -0.05) is 0 Å². The highest BCUT2D eigenvalue weighted by atomic mass is 16.7. The Morgan fingerprint density at radius 3 is 2.71 bits per heavy atom. The van der Waals surface area contributed by atoms with Gasteiger partial charge in [-0.2, -0.15) is 0 Å². The third-order valence-corrected chi connectivity index (χ3v) is 3.94. The Morgan fingerprint density at radius 1 is 1.29 bits per heavy atom. The summed E-state index contributed by atoms with van der Waals surface area (Å²) < 4.78 is 10.6. The van der Waals surface area contributed by atoms with E-state index in [0.717, 1.165) is 25.9 Å². The fourth-order valence-corrected chi connectivity index (χ4v) is 2.68. The number of nitrogens with zero attached hydrogens (tertiary/aromatic N) is 1. The lowest BCUT2D eigenvalue weighted by Gasteiger charge is -2.29. The number of piperidine rings is 1. The fraction of sp³-hybridized carbons (Fsp3) is 0.500. The molecular weight excluding hydrogens is 274 g/mol. The Kier molecular flexibility index (Phi) is 3.85. The monoisotopic (exact) mass is 293 g/mol. The number of carbonyl (C=O) groups excluding carboxylic acids is 1. The normalized spacial score (nSPS) is 18.6. The van der Waals surface area contributed by atoms with E-state index in [4.69, 9.17) is 14.7 Å². The highest BCUT2D eigenvalue weighted by molar-refractivity contribution is 5.99. The first-order valence-corrected chi connectivity index (χ1v) is 7.01. The number of nitrogens with one attached hydrogen (secondary N) is 2. The molecule has 2 heterocycles. The predicted molar refractivity (Wildman–Crippen MR) is 76.0 cm³/mol. The largest absolute Gasteiger partial charge is 0.453 e. The lowest BCUT2D eigenvalue weighted by Crippen LogP contribution is -2.43. The summed E-state index contributed by atoms with van der Waals surface area (Å²) in [5.74, 6) is 0.573. The number of hydrogen-bond acceptors (Lipinski definition) is 6. The molecule has 0 aliphatic carbocycles. The molecule has 0 saturated carbocycles. The maximum atomic E-state index is 12.4. The van der Waals surface area contributed by atoms with Gasteiger partial charge in [-0.3, -0.25) is 15.5 Å². The summed E-state index contributed by atoms with van der Waals surface area (Å²) in [6, 6.07) is 3.40. The van der Waals surface area contributed by atoms with Gasteiger partial charge in [-0.15, -0.1) is 0 Å². The molecule has 2 aliphatic rings. The van der Waals surface area contributed by atoms with Gasteiger partial charge in [0.1, 0.15) is 5.69 Å². The molecule has 0 unspecified atom stereocenters. The van der Waals surface area contributed by atoms with Crippen molar-refractivity contribution in [1.29, 1.82) is 0 Å². The number of anilines is 1. The quantitative estimate of drug-likeness (QED) is 0.722. The number of carbonyl (C=O) groups is 1. The molecule has 0 spiro atoms. The standard InChI is InChI=1S/C14H19N3O4/c1-17-6-4-9(5-7-17)15-14(18)10-2-3-11(16-19)13-12(10)20-8-21-13/h2-3,9,16,19H,4-8H2,1H3,(H,15,18). The number of likely N-dealkylation sites (tertiary alicyclic amines) is 1. The van der Waals surface area contributed by atoms with Gasteiger partial charge in [0.25, 0.3) is 5.91 Å². The Hall–Kier alpha value is -1.99. The zero-order chi connectivity index (χ0) is 14.8. The maximum Gasteiger partial charge on any atom is 0.255 e. The molecule has 7 nitrogen and oxygen atoms in total. The molecule has 3 N–H and O–H groups in total. The summed E-state index contributed by atoms with van der Waals surface area (Å²) in [4.78, 5) is 14.7. The van der Waals surface area contributed by atoms with Gasteiger partial charge in [0.2, 0.25) is 6.79 Å². The van der Waals surface area contributed by atoms with Crippen LogP contribution >= 0.6 is 0 Å². The number of amides is 1. The predicted octanol–water partition coefficient (Wildman–Crippen LogP) is 1.04. The van der Waals surface area contributed by atoms with Crippen molar-refractivity contribution in [3.63, 3.8) is 0 Å². The first-order valence-electron chi connectivity index (χ1n) is 7.01. The van der Waals surface area contributed by atoms with Crippen molar-refractivity contribution in [3.8, 4) is 11.5 Å². The molecule has 0 atom stereocenters. The summed E-state index contributed by atoms with van der Waals surface area (Å²) in [6.45, 7) is 2.01. The molecule has 0 radical (unpaired) electrons. The Morgan fingerprint density at radius 2 is 2.00 bits per heavy atom. The first kappa shape index (κ1) is 14.0. The van der Waals surface area contributed by atoms with E-state index < -0.39 is 0 Å². The van der Waals surface area contributed by atoms with E-state index in [2.05, 4.69) is 17.3 Å². The Bertz CT molecular complexity index is 541. The summed E-state index contributed by atoms with van der Waals surface area (Å²) in [5.41, 5.74) is 2.86. The Labute approximate surface area is 122 Å². The SMILES string of the molecule is CN1CCC(NC(=O)c2ccc(NO)c3c2OCO3)CC1. The lowest BCUT2D eigenvalue weighted by molar-refractivity contribution is 0.0912. The number of hydrogen-bond donors (Lipinski definition) is 3. The molecule has 0 bridgehead atoms. The first-order chi connectivity index (χ1) is 10.2. The van der Waals surface area contributed by atoms with E-state index in [0.29, 0.717) is 22.7 Å². The van der Waals surface area contributed by atoms with Crippen molar-refractivity contribution in [2.24, 2.45) is 0 Å². The average molecular weight is 293 g/mol. The minimum Gasteiger partial charge on any atom is -0.453 e. The van der Waals surface area contributed by atoms with Crippen LogP contribution in [0.5, 0.6) is 11.5 Å². The smallest absolute Gasteiger partial charge is 0.255 e. The van der Waals surface area contributed by atoms with E-state index in [1.807, 2.05) is 5.48 Å². The highest BCUT2D eigenvalue weighted by Crippen LogP contribution is 2.41. The number of fused-ring (bicyclic) bond motifs is 1. The summed E-state index contributed by atoms with van der Waals surface area (Å²) in [7, 11) is 2.08. The van der Waals surface area contributed by atoms with Crippen molar-refractivity contribution in [3.05, 3.63) is 17.7 Å². The van der Waals surface area contributed by atoms with Crippen molar-refractivity contribution >= 4 is 11.6 Å². The van der Waals surface area contributed by atoms with Gasteiger partial charge in [-0.05, 0) is 45.1 Å².